The van der Waals surface area contributed by atoms with E-state index in [4.69, 9.17) is 13.6 Å². The standard InChI is InChI=1S/C16H15N3O4/c1-9-4-6-12(7-5-9)14-13(17-8-21-14)16(20)22-10(2)15-19-18-11(3)23-15/h4-8,10H,1-3H3. The summed E-state index contributed by atoms with van der Waals surface area (Å²) in [5.74, 6) is 0.391. The average Bonchev–Trinajstić information content (AvgIpc) is 3.17. The third-order valence-electron chi connectivity index (χ3n) is 3.25. The zero-order chi connectivity index (χ0) is 16.4. The Labute approximate surface area is 132 Å². The van der Waals surface area contributed by atoms with Crippen LogP contribution in [0.2, 0.25) is 0 Å². The van der Waals surface area contributed by atoms with Gasteiger partial charge in [-0.05, 0) is 13.8 Å². The number of aryl methyl sites for hydroxylation is 2. The maximum atomic E-state index is 12.3. The number of carbonyl (C=O) groups is 1. The van der Waals surface area contributed by atoms with Crippen molar-refractivity contribution in [3.63, 3.8) is 0 Å². The molecule has 0 bridgehead atoms. The molecule has 1 atom stereocenters. The number of carbonyl (C=O) groups excluding carboxylic acids is 1. The van der Waals surface area contributed by atoms with Crippen molar-refractivity contribution in [1.82, 2.24) is 15.2 Å². The van der Waals surface area contributed by atoms with Crippen LogP contribution in [0, 0.1) is 13.8 Å². The van der Waals surface area contributed by atoms with E-state index in [1.165, 1.54) is 6.39 Å². The Balaban J connectivity index is 1.81. The minimum Gasteiger partial charge on any atom is -0.448 e. The molecular weight excluding hydrogens is 298 g/mol. The molecule has 3 rings (SSSR count). The Morgan fingerprint density at radius 2 is 1.91 bits per heavy atom. The third kappa shape index (κ3) is 3.13. The molecule has 0 aliphatic heterocycles. The Morgan fingerprint density at radius 1 is 1.17 bits per heavy atom. The summed E-state index contributed by atoms with van der Waals surface area (Å²) in [5.41, 5.74) is 1.97. The van der Waals surface area contributed by atoms with Gasteiger partial charge in [0.2, 0.25) is 5.89 Å². The Morgan fingerprint density at radius 3 is 2.57 bits per heavy atom. The Hall–Kier alpha value is -2.96. The molecule has 0 N–H and O–H groups in total. The number of aromatic nitrogens is 3. The van der Waals surface area contributed by atoms with Gasteiger partial charge in [-0.3, -0.25) is 0 Å². The fourth-order valence-electron chi connectivity index (χ4n) is 2.04. The van der Waals surface area contributed by atoms with Gasteiger partial charge in [-0.15, -0.1) is 10.2 Å². The van der Waals surface area contributed by atoms with Gasteiger partial charge in [0.15, 0.2) is 24.0 Å². The first-order valence-electron chi connectivity index (χ1n) is 7.06. The van der Waals surface area contributed by atoms with Crippen LogP contribution < -0.4 is 0 Å². The molecule has 2 heterocycles. The first-order valence-corrected chi connectivity index (χ1v) is 7.06. The summed E-state index contributed by atoms with van der Waals surface area (Å²) >= 11 is 0. The van der Waals surface area contributed by atoms with E-state index in [-0.39, 0.29) is 11.6 Å². The predicted octanol–water partition coefficient (Wildman–Crippen LogP) is 3.26. The van der Waals surface area contributed by atoms with Crippen LogP contribution in [0.25, 0.3) is 11.3 Å². The van der Waals surface area contributed by atoms with Crippen LogP contribution in [0.4, 0.5) is 0 Å². The van der Waals surface area contributed by atoms with E-state index in [9.17, 15) is 4.79 Å². The Bertz CT molecular complexity index is 820. The molecule has 0 radical (unpaired) electrons. The van der Waals surface area contributed by atoms with Crippen LogP contribution in [0.5, 0.6) is 0 Å². The lowest BCUT2D eigenvalue weighted by atomic mass is 10.1. The lowest BCUT2D eigenvalue weighted by Crippen LogP contribution is -2.11. The van der Waals surface area contributed by atoms with E-state index < -0.39 is 12.1 Å². The highest BCUT2D eigenvalue weighted by atomic mass is 16.6. The highest BCUT2D eigenvalue weighted by molar-refractivity contribution is 5.93. The monoisotopic (exact) mass is 313 g/mol. The second-order valence-corrected chi connectivity index (χ2v) is 5.10. The molecular formula is C16H15N3O4. The minimum atomic E-state index is -0.675. The molecule has 0 amide bonds. The van der Waals surface area contributed by atoms with E-state index in [1.54, 1.807) is 13.8 Å². The molecule has 0 saturated heterocycles. The third-order valence-corrected chi connectivity index (χ3v) is 3.25. The largest absolute Gasteiger partial charge is 0.448 e. The summed E-state index contributed by atoms with van der Waals surface area (Å²) in [6.45, 7) is 5.29. The summed E-state index contributed by atoms with van der Waals surface area (Å²) in [5, 5.41) is 7.54. The fourth-order valence-corrected chi connectivity index (χ4v) is 2.04. The lowest BCUT2D eigenvalue weighted by molar-refractivity contribution is 0.0271. The highest BCUT2D eigenvalue weighted by Gasteiger charge is 2.24. The van der Waals surface area contributed by atoms with Crippen molar-refractivity contribution in [3.8, 4) is 11.3 Å². The van der Waals surface area contributed by atoms with E-state index in [1.807, 2.05) is 31.2 Å². The molecule has 7 nitrogen and oxygen atoms in total. The molecule has 1 unspecified atom stereocenters. The number of rotatable bonds is 4. The number of nitrogens with zero attached hydrogens (tertiary/aromatic N) is 3. The van der Waals surface area contributed by atoms with Gasteiger partial charge in [-0.25, -0.2) is 9.78 Å². The van der Waals surface area contributed by atoms with E-state index in [0.717, 1.165) is 11.1 Å². The number of oxazole rings is 1. The zero-order valence-electron chi connectivity index (χ0n) is 12.9. The molecule has 23 heavy (non-hydrogen) atoms. The second-order valence-electron chi connectivity index (χ2n) is 5.10. The molecule has 7 heteroatoms. The second kappa shape index (κ2) is 6.04. The number of ether oxygens (including phenoxy) is 1. The predicted molar refractivity (Wildman–Crippen MR) is 79.5 cm³/mol. The normalized spacial score (nSPS) is 12.1. The molecule has 118 valence electrons. The number of hydrogen-bond acceptors (Lipinski definition) is 7. The molecule has 0 aliphatic carbocycles. The van der Waals surface area contributed by atoms with Gasteiger partial charge in [0.1, 0.15) is 0 Å². The number of hydrogen-bond donors (Lipinski definition) is 0. The van der Waals surface area contributed by atoms with Gasteiger partial charge in [-0.2, -0.15) is 0 Å². The molecule has 0 aliphatic rings. The van der Waals surface area contributed by atoms with Gasteiger partial charge in [0.05, 0.1) is 0 Å². The summed E-state index contributed by atoms with van der Waals surface area (Å²) in [7, 11) is 0. The smallest absolute Gasteiger partial charge is 0.361 e. The topological polar surface area (TPSA) is 91.2 Å². The van der Waals surface area contributed by atoms with Crippen LogP contribution in [-0.4, -0.2) is 21.2 Å². The summed E-state index contributed by atoms with van der Waals surface area (Å²) < 4.78 is 15.9. The van der Waals surface area contributed by atoms with Gasteiger partial charge < -0.3 is 13.6 Å². The zero-order valence-corrected chi connectivity index (χ0v) is 12.9. The van der Waals surface area contributed by atoms with Crippen molar-refractivity contribution in [2.45, 2.75) is 26.9 Å². The van der Waals surface area contributed by atoms with Crippen LogP contribution in [0.15, 0.2) is 39.5 Å². The van der Waals surface area contributed by atoms with Crippen LogP contribution in [0.3, 0.4) is 0 Å². The van der Waals surface area contributed by atoms with Gasteiger partial charge in [0, 0.05) is 12.5 Å². The summed E-state index contributed by atoms with van der Waals surface area (Å²) in [6, 6.07) is 7.57. The average molecular weight is 313 g/mol. The van der Waals surface area contributed by atoms with E-state index >= 15 is 0 Å². The highest BCUT2D eigenvalue weighted by Crippen LogP contribution is 2.25. The lowest BCUT2D eigenvalue weighted by Gasteiger charge is -2.08. The van der Waals surface area contributed by atoms with Crippen molar-refractivity contribution >= 4 is 5.97 Å². The van der Waals surface area contributed by atoms with Crippen LogP contribution >= 0.6 is 0 Å². The summed E-state index contributed by atoms with van der Waals surface area (Å²) in [4.78, 5) is 16.3. The molecule has 3 aromatic rings. The first kappa shape index (κ1) is 15.0. The first-order chi connectivity index (χ1) is 11.0. The van der Waals surface area contributed by atoms with Gasteiger partial charge >= 0.3 is 5.97 Å². The summed E-state index contributed by atoms with van der Waals surface area (Å²) in [6.07, 6.45) is 0.541. The molecule has 1 aromatic carbocycles. The van der Waals surface area contributed by atoms with E-state index in [2.05, 4.69) is 15.2 Å². The maximum Gasteiger partial charge on any atom is 0.361 e. The quantitative estimate of drug-likeness (QED) is 0.683. The SMILES string of the molecule is Cc1ccc(-c2ocnc2C(=O)OC(C)c2nnc(C)o2)cc1. The van der Waals surface area contributed by atoms with Crippen molar-refractivity contribution < 1.29 is 18.4 Å². The molecule has 0 saturated carbocycles. The van der Waals surface area contributed by atoms with E-state index in [0.29, 0.717) is 11.7 Å². The maximum absolute atomic E-state index is 12.3. The fraction of sp³-hybridized carbons (Fsp3) is 0.250. The van der Waals surface area contributed by atoms with Crippen molar-refractivity contribution in [2.75, 3.05) is 0 Å². The van der Waals surface area contributed by atoms with Crippen molar-refractivity contribution in [1.29, 1.82) is 0 Å². The van der Waals surface area contributed by atoms with Crippen molar-refractivity contribution in [2.24, 2.45) is 0 Å². The van der Waals surface area contributed by atoms with Gasteiger partial charge in [-0.1, -0.05) is 29.8 Å². The Kier molecular flexibility index (Phi) is 3.92. The van der Waals surface area contributed by atoms with Crippen LogP contribution in [-0.2, 0) is 4.74 Å². The molecule has 0 spiro atoms. The number of benzene rings is 1. The van der Waals surface area contributed by atoms with Crippen LogP contribution in [0.1, 0.15) is 40.9 Å². The van der Waals surface area contributed by atoms with Crippen molar-refractivity contribution in [3.05, 3.63) is 53.7 Å². The number of esters is 1. The minimum absolute atomic E-state index is 0.108. The molecule has 2 aromatic heterocycles. The van der Waals surface area contributed by atoms with Gasteiger partial charge in [0.25, 0.3) is 5.89 Å². The molecule has 0 fully saturated rings.